The number of hydrogen-bond acceptors (Lipinski definition) is 3. The molecule has 1 amide bonds. The fourth-order valence-electron chi connectivity index (χ4n) is 3.12. The summed E-state index contributed by atoms with van der Waals surface area (Å²) in [5, 5.41) is 3.06. The van der Waals surface area contributed by atoms with Gasteiger partial charge >= 0.3 is 0 Å². The summed E-state index contributed by atoms with van der Waals surface area (Å²) in [7, 11) is -3.27. The van der Waals surface area contributed by atoms with Gasteiger partial charge in [-0.2, -0.15) is 4.31 Å². The summed E-state index contributed by atoms with van der Waals surface area (Å²) in [6, 6.07) is -0.254. The van der Waals surface area contributed by atoms with Crippen LogP contribution in [0.2, 0.25) is 0 Å². The van der Waals surface area contributed by atoms with E-state index in [1.165, 1.54) is 23.4 Å². The summed E-state index contributed by atoms with van der Waals surface area (Å²) in [5.74, 6) is -0.102. The smallest absolute Gasteiger partial charge is 0.238 e. The molecule has 19 heavy (non-hydrogen) atoms. The number of hydrogen-bond donors (Lipinski definition) is 1. The van der Waals surface area contributed by atoms with E-state index in [9.17, 15) is 13.2 Å². The first-order valence-electron chi connectivity index (χ1n) is 7.25. The first-order valence-corrected chi connectivity index (χ1v) is 9.10. The second kappa shape index (κ2) is 6.22. The zero-order valence-electron chi connectivity index (χ0n) is 11.6. The van der Waals surface area contributed by atoms with Crippen LogP contribution in [-0.4, -0.2) is 43.5 Å². The highest BCUT2D eigenvalue weighted by molar-refractivity contribution is 7.88. The molecule has 110 valence electrons. The minimum atomic E-state index is -3.27. The summed E-state index contributed by atoms with van der Waals surface area (Å²) < 4.78 is 24.6. The maximum absolute atomic E-state index is 12.3. The molecule has 0 radical (unpaired) electrons. The molecule has 5 nitrogen and oxygen atoms in total. The van der Waals surface area contributed by atoms with Gasteiger partial charge in [0.25, 0.3) is 0 Å². The van der Waals surface area contributed by atoms with Crippen LogP contribution < -0.4 is 5.32 Å². The molecule has 0 aromatic heterocycles. The van der Waals surface area contributed by atoms with E-state index in [0.717, 1.165) is 32.1 Å². The first-order chi connectivity index (χ1) is 8.98. The molecule has 1 aliphatic carbocycles. The molecule has 0 aromatic rings. The van der Waals surface area contributed by atoms with Gasteiger partial charge in [-0.1, -0.05) is 25.7 Å². The molecule has 1 saturated carbocycles. The molecule has 2 rings (SSSR count). The fraction of sp³-hybridized carbons (Fsp3) is 0.923. The minimum absolute atomic E-state index is 0.102. The van der Waals surface area contributed by atoms with Crippen LogP contribution in [0.4, 0.5) is 0 Å². The largest absolute Gasteiger partial charge is 0.352 e. The molecule has 1 aliphatic heterocycles. The Morgan fingerprint density at radius 1 is 1.05 bits per heavy atom. The average Bonchev–Trinajstić information content (AvgIpc) is 2.70. The average molecular weight is 288 g/mol. The molecule has 6 heteroatoms. The van der Waals surface area contributed by atoms with E-state index in [-0.39, 0.29) is 11.9 Å². The van der Waals surface area contributed by atoms with Gasteiger partial charge in [0.1, 0.15) is 6.04 Å². The topological polar surface area (TPSA) is 66.5 Å². The number of carbonyl (C=O) groups excluding carboxylic acids is 1. The zero-order chi connectivity index (χ0) is 13.9. The lowest BCUT2D eigenvalue weighted by atomic mass is 10.1. The van der Waals surface area contributed by atoms with E-state index in [2.05, 4.69) is 5.32 Å². The van der Waals surface area contributed by atoms with Crippen molar-refractivity contribution in [1.82, 2.24) is 9.62 Å². The number of nitrogens with zero attached hydrogens (tertiary/aromatic N) is 1. The van der Waals surface area contributed by atoms with Gasteiger partial charge < -0.3 is 5.32 Å². The summed E-state index contributed by atoms with van der Waals surface area (Å²) >= 11 is 0. The van der Waals surface area contributed by atoms with Crippen LogP contribution in [0, 0.1) is 0 Å². The third kappa shape index (κ3) is 3.92. The van der Waals surface area contributed by atoms with E-state index in [1.54, 1.807) is 0 Å². The molecule has 0 spiro atoms. The highest BCUT2D eigenvalue weighted by Crippen LogP contribution is 2.22. The van der Waals surface area contributed by atoms with Crippen molar-refractivity contribution in [1.29, 1.82) is 0 Å². The van der Waals surface area contributed by atoms with Gasteiger partial charge in [0.15, 0.2) is 0 Å². The van der Waals surface area contributed by atoms with E-state index in [1.807, 2.05) is 0 Å². The van der Waals surface area contributed by atoms with E-state index >= 15 is 0 Å². The lowest BCUT2D eigenvalue weighted by molar-refractivity contribution is -0.125. The fourth-order valence-corrected chi connectivity index (χ4v) is 4.24. The summed E-state index contributed by atoms with van der Waals surface area (Å²) in [4.78, 5) is 12.3. The Morgan fingerprint density at radius 2 is 1.68 bits per heavy atom. The normalized spacial score (nSPS) is 27.1. The van der Waals surface area contributed by atoms with Crippen molar-refractivity contribution in [3.8, 4) is 0 Å². The van der Waals surface area contributed by atoms with Gasteiger partial charge in [0.2, 0.25) is 15.9 Å². The number of carbonyl (C=O) groups is 1. The summed E-state index contributed by atoms with van der Waals surface area (Å²) in [6.07, 6.45) is 9.45. The second-order valence-corrected chi connectivity index (χ2v) is 7.66. The Hall–Kier alpha value is -0.620. The van der Waals surface area contributed by atoms with Crippen molar-refractivity contribution in [3.63, 3.8) is 0 Å². The SMILES string of the molecule is CS(=O)(=O)N1CCC[C@@H]1C(=O)NC1CCCCCC1. The molecule has 0 unspecified atom stereocenters. The molecule has 1 atom stereocenters. The van der Waals surface area contributed by atoms with Gasteiger partial charge in [-0.05, 0) is 25.7 Å². The molecule has 1 N–H and O–H groups in total. The monoisotopic (exact) mass is 288 g/mol. The molecule has 0 bridgehead atoms. The number of nitrogens with one attached hydrogen (secondary N) is 1. The van der Waals surface area contributed by atoms with Crippen molar-refractivity contribution >= 4 is 15.9 Å². The van der Waals surface area contributed by atoms with Crippen molar-refractivity contribution in [2.24, 2.45) is 0 Å². The Kier molecular flexibility index (Phi) is 4.84. The van der Waals surface area contributed by atoms with Gasteiger partial charge in [-0.25, -0.2) is 8.42 Å². The predicted molar refractivity (Wildman–Crippen MR) is 74.2 cm³/mol. The van der Waals surface area contributed by atoms with Crippen LogP contribution in [0.5, 0.6) is 0 Å². The summed E-state index contributed by atoms with van der Waals surface area (Å²) in [5.41, 5.74) is 0. The van der Waals surface area contributed by atoms with Gasteiger partial charge in [0, 0.05) is 12.6 Å². The zero-order valence-corrected chi connectivity index (χ0v) is 12.4. The summed E-state index contributed by atoms with van der Waals surface area (Å²) in [6.45, 7) is 0.474. The lowest BCUT2D eigenvalue weighted by Gasteiger charge is -2.24. The lowest BCUT2D eigenvalue weighted by Crippen LogP contribution is -2.48. The third-order valence-corrected chi connectivity index (χ3v) is 5.42. The maximum Gasteiger partial charge on any atom is 0.238 e. The van der Waals surface area contributed by atoms with Crippen molar-refractivity contribution in [2.45, 2.75) is 63.5 Å². The highest BCUT2D eigenvalue weighted by atomic mass is 32.2. The first kappa shape index (κ1) is 14.8. The van der Waals surface area contributed by atoms with Crippen LogP contribution in [0.3, 0.4) is 0 Å². The van der Waals surface area contributed by atoms with E-state index < -0.39 is 16.1 Å². The Bertz CT molecular complexity index is 414. The van der Waals surface area contributed by atoms with Crippen LogP contribution in [0.15, 0.2) is 0 Å². The molecule has 0 aromatic carbocycles. The molecule has 2 fully saturated rings. The molecular formula is C13H24N2O3S. The Labute approximate surface area is 115 Å². The minimum Gasteiger partial charge on any atom is -0.352 e. The molecule has 1 heterocycles. The Morgan fingerprint density at radius 3 is 2.26 bits per heavy atom. The van der Waals surface area contributed by atoms with E-state index in [0.29, 0.717) is 13.0 Å². The number of sulfonamides is 1. The van der Waals surface area contributed by atoms with Crippen molar-refractivity contribution in [3.05, 3.63) is 0 Å². The molecular weight excluding hydrogens is 264 g/mol. The second-order valence-electron chi connectivity index (χ2n) is 5.73. The van der Waals surface area contributed by atoms with Crippen LogP contribution in [0.1, 0.15) is 51.4 Å². The molecule has 2 aliphatic rings. The van der Waals surface area contributed by atoms with Gasteiger partial charge in [-0.15, -0.1) is 0 Å². The van der Waals surface area contributed by atoms with Crippen LogP contribution in [0.25, 0.3) is 0 Å². The number of amides is 1. The third-order valence-electron chi connectivity index (χ3n) is 4.13. The highest BCUT2D eigenvalue weighted by Gasteiger charge is 2.36. The maximum atomic E-state index is 12.3. The van der Waals surface area contributed by atoms with Gasteiger partial charge in [-0.3, -0.25) is 4.79 Å². The predicted octanol–water partition coefficient (Wildman–Crippen LogP) is 1.25. The van der Waals surface area contributed by atoms with E-state index in [4.69, 9.17) is 0 Å². The van der Waals surface area contributed by atoms with Gasteiger partial charge in [0.05, 0.1) is 6.26 Å². The Balaban J connectivity index is 1.95. The van der Waals surface area contributed by atoms with Crippen LogP contribution >= 0.6 is 0 Å². The number of rotatable bonds is 3. The quantitative estimate of drug-likeness (QED) is 0.795. The standard InChI is InChI=1S/C13H24N2O3S/c1-19(17,18)15-10-6-9-12(15)13(16)14-11-7-4-2-3-5-8-11/h11-12H,2-10H2,1H3,(H,14,16)/t12-/m1/s1. The van der Waals surface area contributed by atoms with Crippen molar-refractivity contribution < 1.29 is 13.2 Å². The molecule has 1 saturated heterocycles. The van der Waals surface area contributed by atoms with Crippen LogP contribution in [-0.2, 0) is 14.8 Å². The van der Waals surface area contributed by atoms with Crippen molar-refractivity contribution in [2.75, 3.05) is 12.8 Å².